The van der Waals surface area contributed by atoms with Crippen molar-refractivity contribution in [3.63, 3.8) is 0 Å². The number of rotatable bonds is 10. The van der Waals surface area contributed by atoms with E-state index in [1.807, 2.05) is 0 Å². The Morgan fingerprint density at radius 3 is 1.97 bits per heavy atom. The molecule has 1 N–H and O–H groups in total. The second kappa shape index (κ2) is 10.7. The first-order valence-corrected chi connectivity index (χ1v) is 8.84. The lowest BCUT2D eigenvalue weighted by atomic mass is 10.1. The summed E-state index contributed by atoms with van der Waals surface area (Å²) in [6, 6.07) is 9.23. The van der Waals surface area contributed by atoms with Crippen LogP contribution in [-0.4, -0.2) is 59.3 Å². The van der Waals surface area contributed by atoms with Gasteiger partial charge in [-0.2, -0.15) is 0 Å². The summed E-state index contributed by atoms with van der Waals surface area (Å²) in [4.78, 5) is 36.4. The summed E-state index contributed by atoms with van der Waals surface area (Å²) >= 11 is 0. The average molecular weight is 417 g/mol. The van der Waals surface area contributed by atoms with E-state index in [9.17, 15) is 14.4 Å². The number of nitrogens with one attached hydrogen (secondary N) is 1. The fourth-order valence-corrected chi connectivity index (χ4v) is 2.48. The van der Waals surface area contributed by atoms with Crippen molar-refractivity contribution in [3.8, 4) is 23.0 Å². The average Bonchev–Trinajstić information content (AvgIpc) is 2.79. The third kappa shape index (κ3) is 5.87. The molecule has 0 aromatic heterocycles. The van der Waals surface area contributed by atoms with Crippen molar-refractivity contribution < 1.29 is 38.1 Å². The van der Waals surface area contributed by atoms with Crippen molar-refractivity contribution in [2.24, 2.45) is 0 Å². The molecule has 2 rings (SSSR count). The van der Waals surface area contributed by atoms with Gasteiger partial charge in [0.15, 0.2) is 23.9 Å². The van der Waals surface area contributed by atoms with E-state index in [-0.39, 0.29) is 5.56 Å². The largest absolute Gasteiger partial charge is 0.497 e. The lowest BCUT2D eigenvalue weighted by Gasteiger charge is -2.10. The van der Waals surface area contributed by atoms with E-state index in [1.54, 1.807) is 12.1 Å². The van der Waals surface area contributed by atoms with Crippen LogP contribution in [0.4, 0.5) is 0 Å². The Balaban J connectivity index is 1.89. The fraction of sp³-hybridized carbons (Fsp3) is 0.286. The Hall–Kier alpha value is -3.75. The highest BCUT2D eigenvalue weighted by atomic mass is 16.5. The first-order chi connectivity index (χ1) is 14.4. The number of Topliss-reactive ketones (excluding diaryl/α,β-unsaturated/α-hetero) is 1. The minimum absolute atomic E-state index is 0.250. The van der Waals surface area contributed by atoms with E-state index in [4.69, 9.17) is 23.7 Å². The van der Waals surface area contributed by atoms with Gasteiger partial charge in [-0.3, -0.25) is 14.4 Å². The number of benzene rings is 2. The van der Waals surface area contributed by atoms with Crippen LogP contribution >= 0.6 is 0 Å². The van der Waals surface area contributed by atoms with E-state index in [1.165, 1.54) is 52.7 Å². The maximum atomic E-state index is 12.3. The van der Waals surface area contributed by atoms with E-state index >= 15 is 0 Å². The quantitative estimate of drug-likeness (QED) is 0.461. The number of ketones is 1. The van der Waals surface area contributed by atoms with Crippen LogP contribution in [-0.2, 0) is 9.53 Å². The van der Waals surface area contributed by atoms with Crippen LogP contribution in [0.3, 0.4) is 0 Å². The van der Waals surface area contributed by atoms with Gasteiger partial charge in [0.25, 0.3) is 5.91 Å². The predicted octanol–water partition coefficient (Wildman–Crippen LogP) is 1.88. The molecule has 0 saturated carbocycles. The number of esters is 1. The number of carbonyl (C=O) groups is 3. The molecule has 0 atom stereocenters. The summed E-state index contributed by atoms with van der Waals surface area (Å²) in [5.41, 5.74) is 0.549. The van der Waals surface area contributed by atoms with E-state index < -0.39 is 30.8 Å². The van der Waals surface area contributed by atoms with Gasteiger partial charge in [0, 0.05) is 17.2 Å². The van der Waals surface area contributed by atoms with Gasteiger partial charge in [0.1, 0.15) is 18.0 Å². The molecule has 0 bridgehead atoms. The molecule has 0 heterocycles. The van der Waals surface area contributed by atoms with Crippen molar-refractivity contribution in [1.29, 1.82) is 0 Å². The van der Waals surface area contributed by atoms with Crippen molar-refractivity contribution >= 4 is 17.7 Å². The third-order valence-corrected chi connectivity index (χ3v) is 4.08. The number of hydrogen-bond donors (Lipinski definition) is 1. The van der Waals surface area contributed by atoms with Crippen LogP contribution in [0.2, 0.25) is 0 Å². The van der Waals surface area contributed by atoms with Crippen LogP contribution < -0.4 is 24.3 Å². The summed E-state index contributed by atoms with van der Waals surface area (Å²) in [5.74, 6) is 0.0272. The van der Waals surface area contributed by atoms with E-state index in [0.29, 0.717) is 28.6 Å². The third-order valence-electron chi connectivity index (χ3n) is 4.08. The Bertz CT molecular complexity index is 903. The van der Waals surface area contributed by atoms with Crippen LogP contribution in [0.5, 0.6) is 23.0 Å². The summed E-state index contributed by atoms with van der Waals surface area (Å²) in [6.45, 7) is -0.880. The molecule has 2 aromatic rings. The summed E-state index contributed by atoms with van der Waals surface area (Å²) < 4.78 is 25.4. The lowest BCUT2D eigenvalue weighted by molar-refractivity contribution is -0.141. The Labute approximate surface area is 173 Å². The van der Waals surface area contributed by atoms with Crippen LogP contribution in [0.15, 0.2) is 36.4 Å². The Morgan fingerprint density at radius 2 is 1.40 bits per heavy atom. The molecule has 0 radical (unpaired) electrons. The molecule has 0 saturated heterocycles. The van der Waals surface area contributed by atoms with Gasteiger partial charge < -0.3 is 29.0 Å². The number of amides is 1. The first-order valence-electron chi connectivity index (χ1n) is 8.84. The zero-order chi connectivity index (χ0) is 22.1. The zero-order valence-electron chi connectivity index (χ0n) is 17.1. The van der Waals surface area contributed by atoms with Crippen LogP contribution in [0, 0.1) is 0 Å². The second-order valence-electron chi connectivity index (χ2n) is 5.94. The SMILES string of the molecule is COc1cc(OC)cc(C(=O)NCC(=O)OCC(=O)c2ccc(OC)c(OC)c2)c1. The molecule has 0 spiro atoms. The molecular weight excluding hydrogens is 394 g/mol. The topological polar surface area (TPSA) is 109 Å². The minimum atomic E-state index is -0.757. The number of hydrogen-bond acceptors (Lipinski definition) is 8. The molecule has 0 aliphatic rings. The summed E-state index contributed by atoms with van der Waals surface area (Å²) in [6.07, 6.45) is 0. The van der Waals surface area contributed by atoms with Gasteiger partial charge in [0.05, 0.1) is 28.4 Å². The fourth-order valence-electron chi connectivity index (χ4n) is 2.48. The highest BCUT2D eigenvalue weighted by molar-refractivity contribution is 5.99. The highest BCUT2D eigenvalue weighted by Gasteiger charge is 2.15. The van der Waals surface area contributed by atoms with Crippen LogP contribution in [0.1, 0.15) is 20.7 Å². The smallest absolute Gasteiger partial charge is 0.325 e. The van der Waals surface area contributed by atoms with Crippen molar-refractivity contribution in [1.82, 2.24) is 5.32 Å². The second-order valence-corrected chi connectivity index (χ2v) is 5.94. The highest BCUT2D eigenvalue weighted by Crippen LogP contribution is 2.27. The van der Waals surface area contributed by atoms with Crippen molar-refractivity contribution in [3.05, 3.63) is 47.5 Å². The molecular formula is C21H23NO8. The number of ether oxygens (including phenoxy) is 5. The molecule has 0 aliphatic heterocycles. The molecule has 9 heteroatoms. The standard InChI is InChI=1S/C21H23NO8/c1-26-15-7-14(8-16(10-15)27-2)21(25)22-11-20(24)30-12-17(23)13-5-6-18(28-3)19(9-13)29-4/h5-10H,11-12H2,1-4H3,(H,22,25). The Morgan fingerprint density at radius 1 is 0.767 bits per heavy atom. The zero-order valence-corrected chi connectivity index (χ0v) is 17.1. The number of methoxy groups -OCH3 is 4. The first kappa shape index (κ1) is 22.5. The summed E-state index contributed by atoms with van der Waals surface area (Å²) in [7, 11) is 5.86. The molecule has 0 fully saturated rings. The maximum absolute atomic E-state index is 12.3. The van der Waals surface area contributed by atoms with E-state index in [0.717, 1.165) is 0 Å². The minimum Gasteiger partial charge on any atom is -0.497 e. The summed E-state index contributed by atoms with van der Waals surface area (Å²) in [5, 5.41) is 2.43. The van der Waals surface area contributed by atoms with Gasteiger partial charge in [-0.25, -0.2) is 0 Å². The molecule has 9 nitrogen and oxygen atoms in total. The maximum Gasteiger partial charge on any atom is 0.325 e. The monoisotopic (exact) mass is 417 g/mol. The van der Waals surface area contributed by atoms with E-state index in [2.05, 4.69) is 5.32 Å². The molecule has 1 amide bonds. The molecule has 0 aliphatic carbocycles. The van der Waals surface area contributed by atoms with Gasteiger partial charge in [-0.05, 0) is 30.3 Å². The van der Waals surface area contributed by atoms with Gasteiger partial charge >= 0.3 is 5.97 Å². The molecule has 2 aromatic carbocycles. The predicted molar refractivity (Wildman–Crippen MR) is 107 cm³/mol. The molecule has 30 heavy (non-hydrogen) atoms. The normalized spacial score (nSPS) is 10.0. The van der Waals surface area contributed by atoms with Crippen molar-refractivity contribution in [2.75, 3.05) is 41.6 Å². The Kier molecular flexibility index (Phi) is 8.04. The number of carbonyl (C=O) groups excluding carboxylic acids is 3. The van der Waals surface area contributed by atoms with Crippen LogP contribution in [0.25, 0.3) is 0 Å². The lowest BCUT2D eigenvalue weighted by Crippen LogP contribution is -2.31. The van der Waals surface area contributed by atoms with Gasteiger partial charge in [-0.1, -0.05) is 0 Å². The molecule has 0 unspecified atom stereocenters. The van der Waals surface area contributed by atoms with Crippen molar-refractivity contribution in [2.45, 2.75) is 0 Å². The van der Waals surface area contributed by atoms with Gasteiger partial charge in [0.2, 0.25) is 0 Å². The molecule has 160 valence electrons. The van der Waals surface area contributed by atoms with Gasteiger partial charge in [-0.15, -0.1) is 0 Å².